The van der Waals surface area contributed by atoms with Crippen LogP contribution in [0.1, 0.15) is 32.1 Å². The molecule has 5 aliphatic rings. The lowest BCUT2D eigenvalue weighted by atomic mass is 9.56. The first-order chi connectivity index (χ1) is 7.84. The summed E-state index contributed by atoms with van der Waals surface area (Å²) < 4.78 is 6.29. The molecule has 2 heteroatoms. The van der Waals surface area contributed by atoms with Crippen molar-refractivity contribution in [1.29, 1.82) is 0 Å². The smallest absolute Gasteiger partial charge is 0.0648 e. The van der Waals surface area contributed by atoms with Gasteiger partial charge < -0.3 is 9.84 Å². The lowest BCUT2D eigenvalue weighted by Gasteiger charge is -2.47. The Hall–Kier alpha value is -0.0800. The first kappa shape index (κ1) is 8.93. The van der Waals surface area contributed by atoms with Crippen molar-refractivity contribution in [3.05, 3.63) is 0 Å². The second-order valence-electron chi connectivity index (χ2n) is 7.09. The van der Waals surface area contributed by atoms with Gasteiger partial charge in [0.25, 0.3) is 0 Å². The summed E-state index contributed by atoms with van der Waals surface area (Å²) in [6.45, 7) is 0.419. The van der Waals surface area contributed by atoms with E-state index in [1.807, 2.05) is 0 Å². The van der Waals surface area contributed by atoms with E-state index in [2.05, 4.69) is 0 Å². The molecule has 7 unspecified atom stereocenters. The number of rotatable bonds is 1. The fourth-order valence-electron chi connectivity index (χ4n) is 6.04. The van der Waals surface area contributed by atoms with Gasteiger partial charge in [-0.25, -0.2) is 0 Å². The number of ether oxygens (including phenoxy) is 1. The highest BCUT2D eigenvalue weighted by Crippen LogP contribution is 2.74. The molecule has 2 nitrogen and oxygen atoms in total. The Morgan fingerprint density at radius 1 is 1.12 bits per heavy atom. The number of fused-ring (bicyclic) bond motifs is 10. The molecule has 0 radical (unpaired) electrons. The lowest BCUT2D eigenvalue weighted by Crippen LogP contribution is -2.47. The molecule has 2 saturated heterocycles. The van der Waals surface area contributed by atoms with Crippen LogP contribution in [0.15, 0.2) is 0 Å². The highest BCUT2D eigenvalue weighted by Gasteiger charge is 2.74. The van der Waals surface area contributed by atoms with Crippen molar-refractivity contribution in [2.75, 3.05) is 6.61 Å². The highest BCUT2D eigenvalue weighted by molar-refractivity contribution is 5.21. The van der Waals surface area contributed by atoms with Gasteiger partial charge in [-0.05, 0) is 55.3 Å². The van der Waals surface area contributed by atoms with Crippen molar-refractivity contribution in [1.82, 2.24) is 0 Å². The first-order valence-electron chi connectivity index (χ1n) is 7.10. The molecule has 3 aliphatic carbocycles. The van der Waals surface area contributed by atoms with Crippen LogP contribution in [0.3, 0.4) is 0 Å². The van der Waals surface area contributed by atoms with Gasteiger partial charge in [0.15, 0.2) is 0 Å². The molecular formula is C14H20O2. The molecular weight excluding hydrogens is 200 g/mol. The quantitative estimate of drug-likeness (QED) is 0.730. The maximum absolute atomic E-state index is 9.60. The number of aliphatic hydroxyl groups excluding tert-OH is 1. The number of hydrogen-bond donors (Lipinski definition) is 1. The Balaban J connectivity index is 1.52. The molecule has 0 aromatic heterocycles. The average Bonchev–Trinajstić information content (AvgIpc) is 2.78. The molecule has 2 heterocycles. The molecule has 8 atom stereocenters. The van der Waals surface area contributed by atoms with Crippen LogP contribution in [0.4, 0.5) is 0 Å². The van der Waals surface area contributed by atoms with E-state index in [1.54, 1.807) is 0 Å². The number of aliphatic hydroxyl groups is 1. The summed E-state index contributed by atoms with van der Waals surface area (Å²) in [7, 11) is 0. The van der Waals surface area contributed by atoms with Crippen molar-refractivity contribution in [2.24, 2.45) is 35.0 Å². The predicted octanol–water partition coefficient (Wildman–Crippen LogP) is 1.82. The minimum absolute atomic E-state index is 0.319. The van der Waals surface area contributed by atoms with Gasteiger partial charge in [-0.1, -0.05) is 6.42 Å². The van der Waals surface area contributed by atoms with Crippen molar-refractivity contribution in [3.63, 3.8) is 0 Å². The Kier molecular flexibility index (Phi) is 1.40. The first-order valence-corrected chi connectivity index (χ1v) is 7.10. The average molecular weight is 220 g/mol. The molecule has 0 amide bonds. The monoisotopic (exact) mass is 220 g/mol. The molecule has 0 aromatic carbocycles. The van der Waals surface area contributed by atoms with Crippen LogP contribution < -0.4 is 0 Å². The summed E-state index contributed by atoms with van der Waals surface area (Å²) in [5, 5.41) is 9.60. The zero-order chi connectivity index (χ0) is 10.5. The maximum atomic E-state index is 9.60. The van der Waals surface area contributed by atoms with E-state index in [9.17, 15) is 5.11 Å². The van der Waals surface area contributed by atoms with Gasteiger partial charge in [0.05, 0.1) is 12.2 Å². The molecule has 2 bridgehead atoms. The third kappa shape index (κ3) is 0.770. The molecule has 88 valence electrons. The van der Waals surface area contributed by atoms with Crippen LogP contribution in [0.5, 0.6) is 0 Å². The summed E-state index contributed by atoms with van der Waals surface area (Å²) in [5.41, 5.74) is 0.319. The second kappa shape index (κ2) is 2.51. The summed E-state index contributed by atoms with van der Waals surface area (Å²) in [6.07, 6.45) is 7.92. The summed E-state index contributed by atoms with van der Waals surface area (Å²) in [6, 6.07) is 0. The van der Waals surface area contributed by atoms with E-state index in [4.69, 9.17) is 4.74 Å². The standard InChI is InChI=1S/C14H20O2/c15-6-14-4-9(14)13-12-8-3-1-2-7(8)11(12)10(5-14)16-13/h7-13,15H,1-6H2/t7?,8?,9?,10?,11-,12?,13?,14?/m0/s1. The van der Waals surface area contributed by atoms with Crippen LogP contribution in [-0.4, -0.2) is 23.9 Å². The van der Waals surface area contributed by atoms with E-state index in [0.29, 0.717) is 24.2 Å². The zero-order valence-corrected chi connectivity index (χ0v) is 9.64. The van der Waals surface area contributed by atoms with Crippen molar-refractivity contribution in [2.45, 2.75) is 44.3 Å². The summed E-state index contributed by atoms with van der Waals surface area (Å²) in [4.78, 5) is 0. The van der Waals surface area contributed by atoms with Crippen molar-refractivity contribution >= 4 is 0 Å². The Morgan fingerprint density at radius 3 is 2.75 bits per heavy atom. The number of hydrogen-bond acceptors (Lipinski definition) is 2. The van der Waals surface area contributed by atoms with Gasteiger partial charge >= 0.3 is 0 Å². The fraction of sp³-hybridized carbons (Fsp3) is 1.00. The van der Waals surface area contributed by atoms with Crippen molar-refractivity contribution < 1.29 is 9.84 Å². The van der Waals surface area contributed by atoms with Crippen molar-refractivity contribution in [3.8, 4) is 0 Å². The molecule has 2 aliphatic heterocycles. The van der Waals surface area contributed by atoms with Crippen LogP contribution in [0.2, 0.25) is 0 Å². The molecule has 5 rings (SSSR count). The van der Waals surface area contributed by atoms with Gasteiger partial charge in [0, 0.05) is 12.0 Å². The fourth-order valence-corrected chi connectivity index (χ4v) is 6.04. The molecule has 0 aromatic rings. The van der Waals surface area contributed by atoms with E-state index < -0.39 is 0 Å². The zero-order valence-electron chi connectivity index (χ0n) is 9.64. The van der Waals surface area contributed by atoms with E-state index >= 15 is 0 Å². The normalized spacial score (nSPS) is 69.2. The molecule has 1 N–H and O–H groups in total. The third-order valence-corrected chi connectivity index (χ3v) is 6.77. The van der Waals surface area contributed by atoms with Gasteiger partial charge in [-0.15, -0.1) is 0 Å². The van der Waals surface area contributed by atoms with Crippen LogP contribution >= 0.6 is 0 Å². The maximum Gasteiger partial charge on any atom is 0.0648 e. The Bertz CT molecular complexity index is 355. The topological polar surface area (TPSA) is 29.5 Å². The minimum atomic E-state index is 0.319. The van der Waals surface area contributed by atoms with E-state index in [-0.39, 0.29) is 0 Å². The molecule has 5 fully saturated rings. The lowest BCUT2D eigenvalue weighted by molar-refractivity contribution is -0.0456. The minimum Gasteiger partial charge on any atom is -0.396 e. The van der Waals surface area contributed by atoms with Gasteiger partial charge in [-0.2, -0.15) is 0 Å². The largest absolute Gasteiger partial charge is 0.396 e. The third-order valence-electron chi connectivity index (χ3n) is 6.77. The van der Waals surface area contributed by atoms with Crippen LogP contribution in [0, 0.1) is 35.0 Å². The SMILES string of the molecule is OCC12CC3OC(C4C5CCCC5[C@@H]34)C1C2. The Morgan fingerprint density at radius 2 is 1.94 bits per heavy atom. The molecule has 3 saturated carbocycles. The highest BCUT2D eigenvalue weighted by atomic mass is 16.5. The van der Waals surface area contributed by atoms with Gasteiger partial charge in [0.1, 0.15) is 0 Å². The van der Waals surface area contributed by atoms with E-state index in [1.165, 1.54) is 32.1 Å². The molecule has 0 spiro atoms. The molecule has 16 heavy (non-hydrogen) atoms. The van der Waals surface area contributed by atoms with Gasteiger partial charge in [-0.3, -0.25) is 0 Å². The predicted molar refractivity (Wildman–Crippen MR) is 58.7 cm³/mol. The second-order valence-corrected chi connectivity index (χ2v) is 7.09. The summed E-state index contributed by atoms with van der Waals surface area (Å²) >= 11 is 0. The Labute approximate surface area is 96.4 Å². The van der Waals surface area contributed by atoms with Gasteiger partial charge in [0.2, 0.25) is 0 Å². The summed E-state index contributed by atoms with van der Waals surface area (Å²) in [5.74, 6) is 4.54. The van der Waals surface area contributed by atoms with E-state index in [0.717, 1.165) is 29.6 Å². The van der Waals surface area contributed by atoms with Crippen LogP contribution in [0.25, 0.3) is 0 Å². The van der Waals surface area contributed by atoms with Crippen LogP contribution in [-0.2, 0) is 4.74 Å².